The van der Waals surface area contributed by atoms with Crippen LogP contribution in [0.4, 0.5) is 0 Å². The van der Waals surface area contributed by atoms with Gasteiger partial charge in [0.1, 0.15) is 0 Å². The Morgan fingerprint density at radius 2 is 1.79 bits per heavy atom. The number of carbonyl (C=O) groups is 2. The molecule has 0 spiro atoms. The molecule has 2 aliphatic heterocycles. The molecule has 0 radical (unpaired) electrons. The van der Waals surface area contributed by atoms with E-state index in [4.69, 9.17) is 9.47 Å². The highest BCUT2D eigenvalue weighted by atomic mass is 16.5. The summed E-state index contributed by atoms with van der Waals surface area (Å²) in [7, 11) is 0. The highest BCUT2D eigenvalue weighted by Gasteiger charge is 2.37. The van der Waals surface area contributed by atoms with E-state index in [1.165, 1.54) is 0 Å². The van der Waals surface area contributed by atoms with Crippen molar-refractivity contribution in [2.45, 2.75) is 71.8 Å². The Morgan fingerprint density at radius 3 is 2.51 bits per heavy atom. The van der Waals surface area contributed by atoms with Gasteiger partial charge in [0.05, 0.1) is 29.6 Å². The second kappa shape index (κ2) is 10.6. The Labute approximate surface area is 230 Å². The molecule has 1 saturated heterocycles. The number of carbonyl (C=O) groups excluding carboxylic acids is 2. The molecule has 0 aliphatic carbocycles. The smallest absolute Gasteiger partial charge is 0.342 e. The Balaban J connectivity index is 1.50. The zero-order chi connectivity index (χ0) is 27.9. The molecule has 1 amide bonds. The van der Waals surface area contributed by atoms with E-state index in [9.17, 15) is 9.59 Å². The van der Waals surface area contributed by atoms with Gasteiger partial charge in [-0.2, -0.15) is 0 Å². The first kappa shape index (κ1) is 27.2. The number of aromatic nitrogens is 1. The largest absolute Gasteiger partial charge is 0.459 e. The molecule has 0 bridgehead atoms. The van der Waals surface area contributed by atoms with Crippen LogP contribution in [0.2, 0.25) is 0 Å². The summed E-state index contributed by atoms with van der Waals surface area (Å²) in [5.74, 6) is -0.587. The number of ether oxygens (including phenoxy) is 2. The second-order valence-corrected chi connectivity index (χ2v) is 11.9. The van der Waals surface area contributed by atoms with Gasteiger partial charge in [0, 0.05) is 54.3 Å². The van der Waals surface area contributed by atoms with Crippen molar-refractivity contribution < 1.29 is 19.1 Å². The number of nitrogens with one attached hydrogen (secondary N) is 1. The van der Waals surface area contributed by atoms with Crippen molar-refractivity contribution in [2.75, 3.05) is 19.6 Å². The van der Waals surface area contributed by atoms with E-state index in [-0.39, 0.29) is 24.2 Å². The van der Waals surface area contributed by atoms with Crippen molar-refractivity contribution in [3.63, 3.8) is 0 Å². The summed E-state index contributed by atoms with van der Waals surface area (Å²) < 4.78 is 11.5. The predicted molar refractivity (Wildman–Crippen MR) is 153 cm³/mol. The first-order chi connectivity index (χ1) is 18.5. The van der Waals surface area contributed by atoms with Gasteiger partial charge in [-0.25, -0.2) is 4.79 Å². The number of amides is 1. The summed E-state index contributed by atoms with van der Waals surface area (Å²) >= 11 is 0. The average Bonchev–Trinajstić information content (AvgIpc) is 3.20. The maximum atomic E-state index is 14.0. The fraction of sp³-hybridized carbons (Fsp3) is 0.438. The number of morpholine rings is 1. The average molecular weight is 530 g/mol. The molecule has 7 heteroatoms. The Hall–Kier alpha value is -3.42. The van der Waals surface area contributed by atoms with Crippen molar-refractivity contribution in [1.29, 1.82) is 0 Å². The van der Waals surface area contributed by atoms with Crippen molar-refractivity contribution in [3.8, 4) is 0 Å². The van der Waals surface area contributed by atoms with Gasteiger partial charge >= 0.3 is 5.97 Å². The highest BCUT2D eigenvalue weighted by molar-refractivity contribution is 6.18. The highest BCUT2D eigenvalue weighted by Crippen LogP contribution is 2.40. The Bertz CT molecular complexity index is 1410. The lowest BCUT2D eigenvalue weighted by atomic mass is 9.81. The van der Waals surface area contributed by atoms with Crippen LogP contribution in [0.1, 0.15) is 68.7 Å². The molecule has 2 aromatic carbocycles. The van der Waals surface area contributed by atoms with Gasteiger partial charge in [0.15, 0.2) is 0 Å². The zero-order valence-electron chi connectivity index (χ0n) is 23.8. The quantitative estimate of drug-likeness (QED) is 0.442. The summed E-state index contributed by atoms with van der Waals surface area (Å²) in [6, 6.07) is 15.9. The minimum atomic E-state index is -0.447. The topological polar surface area (TPSA) is 74.9 Å². The lowest BCUT2D eigenvalue weighted by Gasteiger charge is -2.35. The van der Waals surface area contributed by atoms with Crippen molar-refractivity contribution in [1.82, 2.24) is 14.8 Å². The first-order valence-corrected chi connectivity index (χ1v) is 13.8. The van der Waals surface area contributed by atoms with Gasteiger partial charge < -0.3 is 19.4 Å². The Morgan fingerprint density at radius 1 is 1.08 bits per heavy atom. The molecule has 39 heavy (non-hydrogen) atoms. The number of fused-ring (bicyclic) bond motifs is 3. The number of esters is 1. The number of hydrogen-bond donors (Lipinski definition) is 1. The van der Waals surface area contributed by atoms with Crippen LogP contribution in [0.3, 0.4) is 0 Å². The normalized spacial score (nSPS) is 21.4. The molecule has 1 aromatic heterocycles. The van der Waals surface area contributed by atoms with Crippen LogP contribution >= 0.6 is 0 Å². The monoisotopic (exact) mass is 529 g/mol. The number of benzene rings is 2. The maximum absolute atomic E-state index is 14.0. The van der Waals surface area contributed by atoms with Gasteiger partial charge in [0.2, 0.25) is 0 Å². The molecule has 1 N–H and O–H groups in total. The molecule has 1 fully saturated rings. The summed E-state index contributed by atoms with van der Waals surface area (Å²) in [6.07, 6.45) is 1.75. The molecule has 3 aromatic rings. The standard InChI is InChI=1S/C32H39N3O4/c1-20(2)38-31(37)26-18-35(19-32(5,6)28-25-12-7-8-13-27(25)33-29(26)28)30(36)24-11-9-10-23(14-24)17-34-15-21(3)39-22(4)16-34/h7-14,18,20-22,33H,15-17,19H2,1-6H3/t21-,22+. The molecular weight excluding hydrogens is 490 g/mol. The predicted octanol–water partition coefficient (Wildman–Crippen LogP) is 5.50. The lowest BCUT2D eigenvalue weighted by molar-refractivity contribution is -0.140. The summed E-state index contributed by atoms with van der Waals surface area (Å²) in [5, 5.41) is 1.05. The van der Waals surface area contributed by atoms with Crippen LogP contribution in [0, 0.1) is 0 Å². The van der Waals surface area contributed by atoms with Gasteiger partial charge in [0.25, 0.3) is 5.91 Å². The minimum absolute atomic E-state index is 0.141. The molecular formula is C32H39N3O4. The fourth-order valence-corrected chi connectivity index (χ4v) is 6.02. The van der Waals surface area contributed by atoms with E-state index in [2.05, 4.69) is 49.7 Å². The van der Waals surface area contributed by atoms with Crippen molar-refractivity contribution in [2.24, 2.45) is 0 Å². The van der Waals surface area contributed by atoms with E-state index in [1.54, 1.807) is 11.1 Å². The maximum Gasteiger partial charge on any atom is 0.342 e. The van der Waals surface area contributed by atoms with E-state index >= 15 is 0 Å². The Kier molecular flexibility index (Phi) is 7.40. The summed E-state index contributed by atoms with van der Waals surface area (Å²) in [4.78, 5) is 34.9. The SMILES string of the molecule is CC(C)OC(=O)C1=CN(C(=O)c2cccc(CN3C[C@@H](C)O[C@@H](C)C3)c2)CC(C)(C)c2c1[nH]c1ccccc21. The number of para-hydroxylation sites is 1. The second-order valence-electron chi connectivity index (χ2n) is 11.9. The van der Waals surface area contributed by atoms with Crippen LogP contribution in [0.5, 0.6) is 0 Å². The number of aromatic amines is 1. The third-order valence-electron chi connectivity index (χ3n) is 7.40. The molecule has 5 rings (SSSR count). The van der Waals surface area contributed by atoms with Crippen molar-refractivity contribution in [3.05, 3.63) is 77.1 Å². The molecule has 2 atom stereocenters. The van der Waals surface area contributed by atoms with Crippen LogP contribution in [-0.4, -0.2) is 64.6 Å². The van der Waals surface area contributed by atoms with Crippen molar-refractivity contribution >= 4 is 28.4 Å². The molecule has 0 saturated carbocycles. The van der Waals surface area contributed by atoms with Crippen LogP contribution in [-0.2, 0) is 26.2 Å². The summed E-state index contributed by atoms with van der Waals surface area (Å²) in [6.45, 7) is 15.0. The number of H-pyrrole nitrogens is 1. The molecule has 206 valence electrons. The molecule has 2 aliphatic rings. The van der Waals surface area contributed by atoms with E-state index in [0.29, 0.717) is 23.4 Å². The van der Waals surface area contributed by atoms with Gasteiger partial charge in [-0.1, -0.05) is 44.2 Å². The van der Waals surface area contributed by atoms with Gasteiger partial charge in [-0.3, -0.25) is 9.69 Å². The van der Waals surface area contributed by atoms with E-state index in [0.717, 1.165) is 41.7 Å². The van der Waals surface area contributed by atoms with Crippen LogP contribution in [0.15, 0.2) is 54.7 Å². The minimum Gasteiger partial charge on any atom is -0.459 e. The lowest BCUT2D eigenvalue weighted by Crippen LogP contribution is -2.44. The van der Waals surface area contributed by atoms with E-state index < -0.39 is 11.4 Å². The van der Waals surface area contributed by atoms with Crippen LogP contribution in [0.25, 0.3) is 16.5 Å². The zero-order valence-corrected chi connectivity index (χ0v) is 23.8. The van der Waals surface area contributed by atoms with Gasteiger partial charge in [-0.15, -0.1) is 0 Å². The summed E-state index contributed by atoms with van der Waals surface area (Å²) in [5.41, 5.74) is 4.30. The number of hydrogen-bond acceptors (Lipinski definition) is 5. The third-order valence-corrected chi connectivity index (χ3v) is 7.40. The van der Waals surface area contributed by atoms with Gasteiger partial charge in [-0.05, 0) is 57.0 Å². The van der Waals surface area contributed by atoms with Crippen LogP contribution < -0.4 is 0 Å². The first-order valence-electron chi connectivity index (χ1n) is 13.8. The molecule has 0 unspecified atom stereocenters. The fourth-order valence-electron chi connectivity index (χ4n) is 6.02. The molecule has 7 nitrogen and oxygen atoms in total. The molecule has 3 heterocycles. The number of nitrogens with zero attached hydrogens (tertiary/aromatic N) is 2. The third kappa shape index (κ3) is 5.65. The van der Waals surface area contributed by atoms with E-state index in [1.807, 2.05) is 50.2 Å². The number of rotatable bonds is 5.